The summed E-state index contributed by atoms with van der Waals surface area (Å²) in [6.45, 7) is 1.29. The van der Waals surface area contributed by atoms with E-state index in [2.05, 4.69) is 15.3 Å². The highest BCUT2D eigenvalue weighted by Gasteiger charge is 2.14. The van der Waals surface area contributed by atoms with Gasteiger partial charge in [0.1, 0.15) is 11.9 Å². The Morgan fingerprint density at radius 1 is 1.50 bits per heavy atom. The van der Waals surface area contributed by atoms with Crippen molar-refractivity contribution in [2.24, 2.45) is 0 Å². The Morgan fingerprint density at radius 3 is 2.90 bits per heavy atom. The Morgan fingerprint density at radius 2 is 2.25 bits per heavy atom. The second kappa shape index (κ2) is 8.18. The quantitative estimate of drug-likeness (QED) is 0.611. The Hall–Kier alpha value is -2.06. The third-order valence-electron chi connectivity index (χ3n) is 2.49. The van der Waals surface area contributed by atoms with Gasteiger partial charge in [0.05, 0.1) is 18.8 Å². The van der Waals surface area contributed by atoms with E-state index in [1.807, 2.05) is 0 Å². The van der Waals surface area contributed by atoms with Gasteiger partial charge in [-0.2, -0.15) is 0 Å². The lowest BCUT2D eigenvalue weighted by molar-refractivity contribution is -0.122. The van der Waals surface area contributed by atoms with Gasteiger partial charge in [-0.25, -0.2) is 14.8 Å². The average Bonchev–Trinajstić information content (AvgIpc) is 2.39. The van der Waals surface area contributed by atoms with Crippen molar-refractivity contribution in [1.82, 2.24) is 20.2 Å². The molecule has 0 saturated heterocycles. The number of carboxylic acid groups (broad SMARTS) is 1. The molecule has 0 fully saturated rings. The SMILES string of the molecule is COCCNC(=O)CN(C)Cc1ncncc1C(=O)O. The molecule has 0 radical (unpaired) electrons. The smallest absolute Gasteiger partial charge is 0.339 e. The zero-order valence-corrected chi connectivity index (χ0v) is 11.5. The van der Waals surface area contributed by atoms with Gasteiger partial charge in [-0.3, -0.25) is 9.69 Å². The van der Waals surface area contributed by atoms with Gasteiger partial charge < -0.3 is 15.2 Å². The molecule has 0 bridgehead atoms. The molecule has 1 aromatic rings. The van der Waals surface area contributed by atoms with E-state index in [4.69, 9.17) is 9.84 Å². The molecule has 0 aliphatic rings. The maximum atomic E-state index is 11.6. The number of aromatic carboxylic acids is 1. The number of carbonyl (C=O) groups excluding carboxylic acids is 1. The summed E-state index contributed by atoms with van der Waals surface area (Å²) in [5.74, 6) is -1.24. The zero-order valence-electron chi connectivity index (χ0n) is 11.5. The first kappa shape index (κ1) is 16.0. The van der Waals surface area contributed by atoms with E-state index < -0.39 is 5.97 Å². The van der Waals surface area contributed by atoms with Gasteiger partial charge in [-0.05, 0) is 7.05 Å². The minimum absolute atomic E-state index is 0.0409. The third-order valence-corrected chi connectivity index (χ3v) is 2.49. The molecule has 1 heterocycles. The number of nitrogens with one attached hydrogen (secondary N) is 1. The average molecular weight is 282 g/mol. The van der Waals surface area contributed by atoms with Crippen molar-refractivity contribution in [2.75, 3.05) is 33.9 Å². The number of amides is 1. The first-order chi connectivity index (χ1) is 9.54. The first-order valence-electron chi connectivity index (χ1n) is 6.01. The van der Waals surface area contributed by atoms with Crippen LogP contribution in [-0.2, 0) is 16.1 Å². The maximum absolute atomic E-state index is 11.6. The van der Waals surface area contributed by atoms with Gasteiger partial charge in [0.2, 0.25) is 5.91 Å². The summed E-state index contributed by atoms with van der Waals surface area (Å²) in [5, 5.41) is 11.7. The normalized spacial score (nSPS) is 10.6. The minimum Gasteiger partial charge on any atom is -0.478 e. The molecule has 20 heavy (non-hydrogen) atoms. The standard InChI is InChI=1S/C12H18N4O4/c1-16(7-11(17)14-3-4-20-2)6-10-9(12(18)19)5-13-8-15-10/h5,8H,3-4,6-7H2,1-2H3,(H,14,17)(H,18,19). The van der Waals surface area contributed by atoms with Gasteiger partial charge >= 0.3 is 5.97 Å². The summed E-state index contributed by atoms with van der Waals surface area (Å²) in [6.07, 6.45) is 2.53. The van der Waals surface area contributed by atoms with Crippen molar-refractivity contribution in [3.8, 4) is 0 Å². The van der Waals surface area contributed by atoms with Gasteiger partial charge in [-0.1, -0.05) is 0 Å². The molecule has 1 aromatic heterocycles. The number of rotatable bonds is 8. The van der Waals surface area contributed by atoms with Gasteiger partial charge in [0.15, 0.2) is 0 Å². The predicted molar refractivity (Wildman–Crippen MR) is 70.2 cm³/mol. The number of carboxylic acids is 1. The lowest BCUT2D eigenvalue weighted by atomic mass is 10.2. The van der Waals surface area contributed by atoms with E-state index in [0.717, 1.165) is 0 Å². The van der Waals surface area contributed by atoms with Crippen molar-refractivity contribution in [3.63, 3.8) is 0 Å². The van der Waals surface area contributed by atoms with E-state index >= 15 is 0 Å². The van der Waals surface area contributed by atoms with Gasteiger partial charge in [0.25, 0.3) is 0 Å². The Bertz CT molecular complexity index is 467. The molecule has 8 nitrogen and oxygen atoms in total. The van der Waals surface area contributed by atoms with Gasteiger partial charge in [-0.15, -0.1) is 0 Å². The molecule has 1 rings (SSSR count). The molecule has 0 unspecified atom stereocenters. The second-order valence-corrected chi connectivity index (χ2v) is 4.20. The fraction of sp³-hybridized carbons (Fsp3) is 0.500. The molecule has 0 saturated carbocycles. The fourth-order valence-corrected chi connectivity index (χ4v) is 1.56. The van der Waals surface area contributed by atoms with E-state index in [1.54, 1.807) is 19.1 Å². The number of methoxy groups -OCH3 is 1. The van der Waals surface area contributed by atoms with Gasteiger partial charge in [0, 0.05) is 26.4 Å². The number of aromatic nitrogens is 2. The number of ether oxygens (including phenoxy) is 1. The molecular formula is C12H18N4O4. The topological polar surface area (TPSA) is 105 Å². The van der Waals surface area contributed by atoms with Crippen molar-refractivity contribution in [2.45, 2.75) is 6.54 Å². The van der Waals surface area contributed by atoms with E-state index in [-0.39, 0.29) is 24.6 Å². The monoisotopic (exact) mass is 282 g/mol. The highest BCUT2D eigenvalue weighted by Crippen LogP contribution is 2.06. The van der Waals surface area contributed by atoms with E-state index in [1.165, 1.54) is 12.5 Å². The van der Waals surface area contributed by atoms with E-state index in [9.17, 15) is 9.59 Å². The van der Waals surface area contributed by atoms with Crippen LogP contribution < -0.4 is 5.32 Å². The first-order valence-corrected chi connectivity index (χ1v) is 6.01. The van der Waals surface area contributed by atoms with Crippen molar-refractivity contribution < 1.29 is 19.4 Å². The van der Waals surface area contributed by atoms with Crippen LogP contribution >= 0.6 is 0 Å². The molecule has 0 aliphatic heterocycles. The minimum atomic E-state index is -1.08. The Labute approximate surface area is 116 Å². The van der Waals surface area contributed by atoms with Crippen molar-refractivity contribution in [3.05, 3.63) is 23.8 Å². The van der Waals surface area contributed by atoms with Crippen LogP contribution in [0.25, 0.3) is 0 Å². The number of hydrogen-bond donors (Lipinski definition) is 2. The molecule has 0 aromatic carbocycles. The largest absolute Gasteiger partial charge is 0.478 e. The highest BCUT2D eigenvalue weighted by molar-refractivity contribution is 5.88. The number of likely N-dealkylation sites (N-methyl/N-ethyl adjacent to an activating group) is 1. The second-order valence-electron chi connectivity index (χ2n) is 4.20. The van der Waals surface area contributed by atoms with Crippen LogP contribution in [0.2, 0.25) is 0 Å². The number of hydrogen-bond acceptors (Lipinski definition) is 6. The number of carbonyl (C=O) groups is 2. The Kier molecular flexibility index (Phi) is 6.54. The molecule has 110 valence electrons. The molecule has 1 amide bonds. The van der Waals surface area contributed by atoms with Crippen LogP contribution in [0.4, 0.5) is 0 Å². The van der Waals surface area contributed by atoms with E-state index in [0.29, 0.717) is 18.8 Å². The van der Waals surface area contributed by atoms with Crippen molar-refractivity contribution >= 4 is 11.9 Å². The zero-order chi connectivity index (χ0) is 15.0. The van der Waals surface area contributed by atoms with Crippen molar-refractivity contribution in [1.29, 1.82) is 0 Å². The van der Waals surface area contributed by atoms with Crippen LogP contribution in [0.3, 0.4) is 0 Å². The maximum Gasteiger partial charge on any atom is 0.339 e. The summed E-state index contributed by atoms with van der Waals surface area (Å²) < 4.78 is 4.82. The predicted octanol–water partition coefficient (Wildman–Crippen LogP) is -0.631. The molecule has 2 N–H and O–H groups in total. The van der Waals surface area contributed by atoms with Crippen LogP contribution in [-0.4, -0.2) is 65.7 Å². The lowest BCUT2D eigenvalue weighted by Crippen LogP contribution is -2.36. The molecule has 0 atom stereocenters. The number of nitrogens with zero attached hydrogens (tertiary/aromatic N) is 3. The summed E-state index contributed by atoms with van der Waals surface area (Å²) >= 11 is 0. The third kappa shape index (κ3) is 5.29. The summed E-state index contributed by atoms with van der Waals surface area (Å²) in [4.78, 5) is 31.9. The van der Waals surface area contributed by atoms with Crippen LogP contribution in [0, 0.1) is 0 Å². The van der Waals surface area contributed by atoms with Crippen LogP contribution in [0.15, 0.2) is 12.5 Å². The fourth-order valence-electron chi connectivity index (χ4n) is 1.56. The summed E-state index contributed by atoms with van der Waals surface area (Å²) in [5.41, 5.74) is 0.416. The highest BCUT2D eigenvalue weighted by atomic mass is 16.5. The van der Waals surface area contributed by atoms with Crippen LogP contribution in [0.5, 0.6) is 0 Å². The van der Waals surface area contributed by atoms with Crippen LogP contribution in [0.1, 0.15) is 16.1 Å². The molecule has 0 aliphatic carbocycles. The molecule has 0 spiro atoms. The Balaban J connectivity index is 2.52. The summed E-state index contributed by atoms with van der Waals surface area (Å²) in [6, 6.07) is 0. The molecular weight excluding hydrogens is 264 g/mol. The summed E-state index contributed by atoms with van der Waals surface area (Å²) in [7, 11) is 3.27. The molecule has 8 heteroatoms. The lowest BCUT2D eigenvalue weighted by Gasteiger charge is -2.16.